The molecule has 0 bridgehead atoms. The van der Waals surface area contributed by atoms with Gasteiger partial charge in [0.25, 0.3) is 0 Å². The summed E-state index contributed by atoms with van der Waals surface area (Å²) in [5.41, 5.74) is 1.54. The van der Waals surface area contributed by atoms with Crippen molar-refractivity contribution >= 4 is 35.0 Å². The second-order valence-corrected chi connectivity index (χ2v) is 9.35. The van der Waals surface area contributed by atoms with Gasteiger partial charge in [0.2, 0.25) is 5.91 Å². The molecule has 0 spiro atoms. The number of carbonyl (C=O) groups excluding carboxylic acids is 2. The molecular weight excluding hydrogens is 441 g/mol. The third-order valence-corrected chi connectivity index (χ3v) is 6.77. The Balaban J connectivity index is 1.63. The zero-order valence-electron chi connectivity index (χ0n) is 17.5. The van der Waals surface area contributed by atoms with Gasteiger partial charge >= 0.3 is 5.97 Å². The Bertz CT molecular complexity index is 895. The van der Waals surface area contributed by atoms with Gasteiger partial charge in [-0.25, -0.2) is 9.37 Å². The number of nitrogens with zero attached hydrogens (tertiary/aromatic N) is 2. The number of ether oxygens (including phenoxy) is 2. The number of hydrogen-bond donors (Lipinski definition) is 1. The lowest BCUT2D eigenvalue weighted by molar-refractivity contribution is -0.142. The molecule has 1 aliphatic heterocycles. The van der Waals surface area contributed by atoms with E-state index in [1.165, 1.54) is 42.2 Å². The quantitative estimate of drug-likeness (QED) is 0.345. The monoisotopic (exact) mass is 467 g/mol. The molecule has 31 heavy (non-hydrogen) atoms. The van der Waals surface area contributed by atoms with Gasteiger partial charge < -0.3 is 14.8 Å². The van der Waals surface area contributed by atoms with Crippen molar-refractivity contribution in [2.45, 2.75) is 42.6 Å². The second-order valence-electron chi connectivity index (χ2n) is 7.10. The number of aromatic nitrogens is 1. The Morgan fingerprint density at radius 2 is 2.32 bits per heavy atom. The minimum absolute atomic E-state index is 0.122. The standard InChI is InChI=1S/C21H26FN3O4S2/c1-3-28-19(27)10-17-13-30-21(24-17)31-20(23-14(2)26)18-12-25(7-8-29-18)11-15-5-4-6-16(22)9-15/h4-6,9,13,18,20H,3,7-8,10-12H2,1-2H3,(H,23,26)/t18-,20-/m0/s1. The van der Waals surface area contributed by atoms with E-state index in [1.807, 2.05) is 11.4 Å². The average molecular weight is 468 g/mol. The van der Waals surface area contributed by atoms with Crippen molar-refractivity contribution in [3.63, 3.8) is 0 Å². The Kier molecular flexibility index (Phi) is 8.82. The molecule has 2 heterocycles. The third kappa shape index (κ3) is 7.57. The summed E-state index contributed by atoms with van der Waals surface area (Å²) in [4.78, 5) is 30.2. The van der Waals surface area contributed by atoms with Crippen LogP contribution in [0.5, 0.6) is 0 Å². The summed E-state index contributed by atoms with van der Waals surface area (Å²) in [5.74, 6) is -0.727. The number of hydrogen-bond acceptors (Lipinski definition) is 8. The molecule has 1 aromatic carbocycles. The van der Waals surface area contributed by atoms with Crippen LogP contribution in [-0.2, 0) is 32.0 Å². The fraction of sp³-hybridized carbons (Fsp3) is 0.476. The zero-order valence-corrected chi connectivity index (χ0v) is 19.1. The van der Waals surface area contributed by atoms with Crippen LogP contribution in [-0.4, -0.2) is 59.5 Å². The lowest BCUT2D eigenvalue weighted by Gasteiger charge is -2.36. The lowest BCUT2D eigenvalue weighted by Crippen LogP contribution is -2.51. The van der Waals surface area contributed by atoms with E-state index in [2.05, 4.69) is 15.2 Å². The van der Waals surface area contributed by atoms with E-state index in [1.54, 1.807) is 13.0 Å². The number of rotatable bonds is 9. The molecule has 0 radical (unpaired) electrons. The molecule has 1 aliphatic rings. The summed E-state index contributed by atoms with van der Waals surface area (Å²) in [7, 11) is 0. The van der Waals surface area contributed by atoms with Gasteiger partial charge in [-0.15, -0.1) is 11.3 Å². The minimum Gasteiger partial charge on any atom is -0.466 e. The number of thiazole rings is 1. The summed E-state index contributed by atoms with van der Waals surface area (Å²) in [6.45, 7) is 6.01. The number of benzene rings is 1. The van der Waals surface area contributed by atoms with Crippen molar-refractivity contribution in [2.75, 3.05) is 26.3 Å². The molecule has 1 N–H and O–H groups in total. The molecule has 2 atom stereocenters. The number of halogens is 1. The predicted octanol–water partition coefficient (Wildman–Crippen LogP) is 2.84. The van der Waals surface area contributed by atoms with Crippen molar-refractivity contribution < 1.29 is 23.5 Å². The van der Waals surface area contributed by atoms with E-state index in [9.17, 15) is 14.0 Å². The molecule has 7 nitrogen and oxygen atoms in total. The maximum Gasteiger partial charge on any atom is 0.311 e. The summed E-state index contributed by atoms with van der Waals surface area (Å²) in [6, 6.07) is 6.56. The predicted molar refractivity (Wildman–Crippen MR) is 117 cm³/mol. The van der Waals surface area contributed by atoms with E-state index in [-0.39, 0.29) is 35.6 Å². The van der Waals surface area contributed by atoms with Crippen LogP contribution >= 0.6 is 23.1 Å². The van der Waals surface area contributed by atoms with Crippen LogP contribution < -0.4 is 5.32 Å². The van der Waals surface area contributed by atoms with E-state index in [0.29, 0.717) is 32.0 Å². The lowest BCUT2D eigenvalue weighted by atomic mass is 10.2. The maximum atomic E-state index is 13.5. The highest BCUT2D eigenvalue weighted by molar-refractivity contribution is 8.01. The first-order chi connectivity index (χ1) is 14.9. The van der Waals surface area contributed by atoms with E-state index in [0.717, 1.165) is 16.4 Å². The molecule has 3 rings (SSSR count). The Morgan fingerprint density at radius 3 is 3.06 bits per heavy atom. The zero-order chi connectivity index (χ0) is 22.2. The van der Waals surface area contributed by atoms with Crippen LogP contribution in [0.15, 0.2) is 34.0 Å². The minimum atomic E-state index is -0.339. The molecule has 1 amide bonds. The average Bonchev–Trinajstić information content (AvgIpc) is 3.14. The van der Waals surface area contributed by atoms with Crippen LogP contribution in [0.2, 0.25) is 0 Å². The van der Waals surface area contributed by atoms with Gasteiger partial charge in [-0.2, -0.15) is 0 Å². The Hall–Kier alpha value is -2.01. The Morgan fingerprint density at radius 1 is 1.48 bits per heavy atom. The van der Waals surface area contributed by atoms with Crippen molar-refractivity contribution in [2.24, 2.45) is 0 Å². The van der Waals surface area contributed by atoms with E-state index < -0.39 is 0 Å². The van der Waals surface area contributed by atoms with Crippen molar-refractivity contribution in [1.82, 2.24) is 15.2 Å². The number of nitrogens with one attached hydrogen (secondary N) is 1. The van der Waals surface area contributed by atoms with Gasteiger partial charge in [0.05, 0.1) is 25.3 Å². The first-order valence-corrected chi connectivity index (χ1v) is 11.8. The topological polar surface area (TPSA) is 80.8 Å². The third-order valence-electron chi connectivity index (χ3n) is 4.55. The molecule has 168 valence electrons. The highest BCUT2D eigenvalue weighted by Gasteiger charge is 2.30. The number of amides is 1. The number of morpholine rings is 1. The van der Waals surface area contributed by atoms with Crippen LogP contribution in [0.3, 0.4) is 0 Å². The van der Waals surface area contributed by atoms with Gasteiger partial charge in [0, 0.05) is 31.9 Å². The normalized spacial score (nSPS) is 17.8. The van der Waals surface area contributed by atoms with Gasteiger partial charge in [-0.3, -0.25) is 14.5 Å². The highest BCUT2D eigenvalue weighted by Crippen LogP contribution is 2.30. The van der Waals surface area contributed by atoms with E-state index >= 15 is 0 Å². The van der Waals surface area contributed by atoms with Gasteiger partial charge in [0.15, 0.2) is 4.34 Å². The highest BCUT2D eigenvalue weighted by atomic mass is 32.2. The molecule has 2 aromatic rings. The van der Waals surface area contributed by atoms with Gasteiger partial charge in [-0.1, -0.05) is 23.9 Å². The van der Waals surface area contributed by atoms with Crippen LogP contribution in [0.1, 0.15) is 25.1 Å². The van der Waals surface area contributed by atoms with Crippen LogP contribution in [0.4, 0.5) is 4.39 Å². The van der Waals surface area contributed by atoms with Gasteiger partial charge in [0.1, 0.15) is 17.3 Å². The Labute approximate surface area is 189 Å². The van der Waals surface area contributed by atoms with Crippen molar-refractivity contribution in [1.29, 1.82) is 0 Å². The summed E-state index contributed by atoms with van der Waals surface area (Å²) < 4.78 is 25.2. The van der Waals surface area contributed by atoms with Crippen LogP contribution in [0.25, 0.3) is 0 Å². The molecule has 1 saturated heterocycles. The maximum absolute atomic E-state index is 13.5. The molecule has 1 aromatic heterocycles. The molecule has 0 unspecified atom stereocenters. The number of carbonyl (C=O) groups is 2. The van der Waals surface area contributed by atoms with Crippen LogP contribution in [0, 0.1) is 5.82 Å². The molecule has 1 fully saturated rings. The summed E-state index contributed by atoms with van der Waals surface area (Å²) in [5, 5.41) is 4.43. The number of esters is 1. The fourth-order valence-corrected chi connectivity index (χ4v) is 5.39. The summed E-state index contributed by atoms with van der Waals surface area (Å²) >= 11 is 2.82. The number of thioether (sulfide) groups is 1. The molecular formula is C21H26FN3O4S2. The fourth-order valence-electron chi connectivity index (χ4n) is 3.24. The molecule has 10 heteroatoms. The summed E-state index contributed by atoms with van der Waals surface area (Å²) in [6.07, 6.45) is -0.134. The molecule has 0 aliphatic carbocycles. The second kappa shape index (κ2) is 11.6. The van der Waals surface area contributed by atoms with E-state index in [4.69, 9.17) is 9.47 Å². The smallest absolute Gasteiger partial charge is 0.311 e. The van der Waals surface area contributed by atoms with Crippen molar-refractivity contribution in [3.8, 4) is 0 Å². The van der Waals surface area contributed by atoms with Gasteiger partial charge in [-0.05, 0) is 24.6 Å². The van der Waals surface area contributed by atoms with Crippen molar-refractivity contribution in [3.05, 3.63) is 46.7 Å². The first-order valence-electron chi connectivity index (χ1n) is 10.0. The SMILES string of the molecule is CCOC(=O)Cc1csc(S[C@H](NC(C)=O)[C@@H]2CN(Cc3cccc(F)c3)CCO2)n1. The first kappa shape index (κ1) is 23.6. The molecule has 0 saturated carbocycles. The largest absolute Gasteiger partial charge is 0.466 e.